The van der Waals surface area contributed by atoms with E-state index in [4.69, 9.17) is 21.7 Å². The van der Waals surface area contributed by atoms with E-state index in [-0.39, 0.29) is 36.9 Å². The number of benzene rings is 1. The van der Waals surface area contributed by atoms with Crippen molar-refractivity contribution in [2.75, 3.05) is 6.61 Å². The molecule has 0 aromatic heterocycles. The third kappa shape index (κ3) is 4.77. The van der Waals surface area contributed by atoms with E-state index in [1.54, 1.807) is 13.8 Å². The van der Waals surface area contributed by atoms with Crippen LogP contribution in [0.1, 0.15) is 37.8 Å². The van der Waals surface area contributed by atoms with Crippen molar-refractivity contribution in [2.45, 2.75) is 37.7 Å². The van der Waals surface area contributed by atoms with Crippen LogP contribution in [0.3, 0.4) is 0 Å². The second kappa shape index (κ2) is 8.41. The lowest BCUT2D eigenvalue weighted by atomic mass is 9.89. The average Bonchev–Trinajstić information content (AvgIpc) is 2.38. The molecule has 1 rings (SSSR count). The van der Waals surface area contributed by atoms with Crippen molar-refractivity contribution < 1.29 is 17.9 Å². The van der Waals surface area contributed by atoms with Crippen LogP contribution in [0.15, 0.2) is 22.7 Å². The van der Waals surface area contributed by atoms with Crippen molar-refractivity contribution >= 4 is 45.8 Å². The quantitative estimate of drug-likeness (QED) is 0.345. The highest BCUT2D eigenvalue weighted by atomic mass is 79.9. The second-order valence-electron chi connectivity index (χ2n) is 4.50. The lowest BCUT2D eigenvalue weighted by Gasteiger charge is -2.30. The van der Waals surface area contributed by atoms with E-state index in [0.717, 1.165) is 6.07 Å². The van der Waals surface area contributed by atoms with Gasteiger partial charge in [-0.3, -0.25) is 5.41 Å². The number of rotatable bonds is 5. The molecule has 0 unspecified atom stereocenters. The van der Waals surface area contributed by atoms with Gasteiger partial charge in [-0.25, -0.2) is 0 Å². The average molecular weight is 423 g/mol. The van der Waals surface area contributed by atoms with Gasteiger partial charge in [0.2, 0.25) is 5.90 Å². The Balaban J connectivity index is 0.00000441. The van der Waals surface area contributed by atoms with Crippen molar-refractivity contribution in [1.82, 2.24) is 0 Å². The van der Waals surface area contributed by atoms with Crippen molar-refractivity contribution in [3.8, 4) is 0 Å². The van der Waals surface area contributed by atoms with E-state index < -0.39 is 16.6 Å². The molecule has 1 atom stereocenters. The third-order valence-corrected chi connectivity index (χ3v) is 4.01. The zero-order chi connectivity index (χ0) is 16.3. The van der Waals surface area contributed by atoms with E-state index in [0.29, 0.717) is 10.9 Å². The summed E-state index contributed by atoms with van der Waals surface area (Å²) in [5.41, 5.74) is -1.01. The second-order valence-corrected chi connectivity index (χ2v) is 6.06. The van der Waals surface area contributed by atoms with Gasteiger partial charge >= 0.3 is 6.18 Å². The predicted molar refractivity (Wildman–Crippen MR) is 88.2 cm³/mol. The molecule has 0 bridgehead atoms. The maximum atomic E-state index is 13.3. The molecule has 1 aromatic rings. The van der Waals surface area contributed by atoms with E-state index in [2.05, 4.69) is 15.9 Å². The van der Waals surface area contributed by atoms with Crippen molar-refractivity contribution in [3.05, 3.63) is 33.8 Å². The maximum absolute atomic E-state index is 13.3. The molecule has 0 aliphatic rings. The monoisotopic (exact) mass is 421 g/mol. The van der Waals surface area contributed by atoms with E-state index in [9.17, 15) is 13.2 Å². The van der Waals surface area contributed by atoms with Gasteiger partial charge in [-0.1, -0.05) is 35.3 Å². The lowest BCUT2D eigenvalue weighted by molar-refractivity contribution is -0.138. The Morgan fingerprint density at radius 1 is 1.27 bits per heavy atom. The molecule has 0 saturated heterocycles. The highest BCUT2D eigenvalue weighted by Crippen LogP contribution is 2.44. The highest BCUT2D eigenvalue weighted by Gasteiger charge is 2.44. The van der Waals surface area contributed by atoms with Gasteiger partial charge < -0.3 is 4.74 Å². The Morgan fingerprint density at radius 3 is 2.32 bits per heavy atom. The first-order chi connectivity index (χ1) is 9.66. The Morgan fingerprint density at radius 2 is 1.86 bits per heavy atom. The Bertz CT molecular complexity index is 525. The molecule has 22 heavy (non-hydrogen) atoms. The van der Waals surface area contributed by atoms with E-state index >= 15 is 0 Å². The fraction of sp³-hybridized carbons (Fsp3) is 0.500. The number of ether oxygens (including phenoxy) is 1. The molecule has 0 aliphatic heterocycles. The minimum absolute atomic E-state index is 0. The molecule has 1 aromatic carbocycles. The molecule has 0 radical (unpaired) electrons. The van der Waals surface area contributed by atoms with Crippen LogP contribution in [0.4, 0.5) is 13.2 Å². The Kier molecular flexibility index (Phi) is 8.23. The molecule has 126 valence electrons. The molecule has 2 nitrogen and oxygen atoms in total. The number of halogens is 6. The third-order valence-electron chi connectivity index (χ3n) is 2.96. The van der Waals surface area contributed by atoms with Crippen molar-refractivity contribution in [1.29, 1.82) is 5.41 Å². The fourth-order valence-corrected chi connectivity index (χ4v) is 2.84. The molecular weight excluding hydrogens is 406 g/mol. The van der Waals surface area contributed by atoms with Crippen LogP contribution in [0.2, 0.25) is 0 Å². The van der Waals surface area contributed by atoms with Crippen LogP contribution in [-0.2, 0) is 15.8 Å². The normalized spacial score (nSPS) is 14.0. The summed E-state index contributed by atoms with van der Waals surface area (Å²) in [6, 6.07) is 3.75. The fourth-order valence-electron chi connectivity index (χ4n) is 2.07. The summed E-state index contributed by atoms with van der Waals surface area (Å²) in [5.74, 6) is -0.360. The van der Waals surface area contributed by atoms with Crippen LogP contribution in [0.25, 0.3) is 0 Å². The number of alkyl halides is 4. The molecule has 1 N–H and O–H groups in total. The van der Waals surface area contributed by atoms with Gasteiger partial charge in [0.1, 0.15) is 4.87 Å². The standard InChI is InChI=1S/C14H16BrClF3NO.ClH/c1-3-7-13(16,12(20)21-4-2)10-6-5-9(15)8-11(10)14(17,18)19;/h5-6,8,20H,3-4,7H2,1-2H3;1H/t13-;/m0./s1. The summed E-state index contributed by atoms with van der Waals surface area (Å²) in [6.45, 7) is 3.63. The number of hydrogen-bond donors (Lipinski definition) is 1. The topological polar surface area (TPSA) is 33.1 Å². The smallest absolute Gasteiger partial charge is 0.416 e. The first-order valence-electron chi connectivity index (χ1n) is 6.44. The Hall–Kier alpha value is -0.460. The summed E-state index contributed by atoms with van der Waals surface area (Å²) in [6.07, 6.45) is -3.86. The summed E-state index contributed by atoms with van der Waals surface area (Å²) in [5, 5.41) is 7.91. The van der Waals surface area contributed by atoms with E-state index in [1.807, 2.05) is 0 Å². The van der Waals surface area contributed by atoms with E-state index in [1.165, 1.54) is 12.1 Å². The van der Waals surface area contributed by atoms with Gasteiger partial charge in [-0.2, -0.15) is 13.2 Å². The lowest BCUT2D eigenvalue weighted by Crippen LogP contribution is -2.33. The molecule has 0 aliphatic carbocycles. The minimum atomic E-state index is -4.56. The SMILES string of the molecule is CCC[C@@](Cl)(C(=N)OCC)c1ccc(Br)cc1C(F)(F)F.Cl. The minimum Gasteiger partial charge on any atom is -0.480 e. The first kappa shape index (κ1) is 21.5. The summed E-state index contributed by atoms with van der Waals surface area (Å²) >= 11 is 9.43. The largest absolute Gasteiger partial charge is 0.480 e. The van der Waals surface area contributed by atoms with Gasteiger partial charge in [0.05, 0.1) is 12.2 Å². The van der Waals surface area contributed by atoms with Crippen LogP contribution < -0.4 is 0 Å². The van der Waals surface area contributed by atoms with Gasteiger partial charge in [0.25, 0.3) is 0 Å². The van der Waals surface area contributed by atoms with Crippen LogP contribution in [-0.4, -0.2) is 12.5 Å². The molecule has 8 heteroatoms. The van der Waals surface area contributed by atoms with Crippen LogP contribution in [0, 0.1) is 5.41 Å². The summed E-state index contributed by atoms with van der Waals surface area (Å²) < 4.78 is 45.2. The summed E-state index contributed by atoms with van der Waals surface area (Å²) in [7, 11) is 0. The van der Waals surface area contributed by atoms with Gasteiger partial charge in [0, 0.05) is 4.47 Å². The number of hydrogen-bond acceptors (Lipinski definition) is 2. The van der Waals surface area contributed by atoms with Crippen molar-refractivity contribution in [3.63, 3.8) is 0 Å². The van der Waals surface area contributed by atoms with Gasteiger partial charge in [-0.15, -0.1) is 24.0 Å². The summed E-state index contributed by atoms with van der Waals surface area (Å²) in [4.78, 5) is -1.61. The molecular formula is C14H17BrCl2F3NO. The zero-order valence-electron chi connectivity index (χ0n) is 12.1. The predicted octanol–water partition coefficient (Wildman–Crippen LogP) is 6.14. The molecule has 0 spiro atoms. The van der Waals surface area contributed by atoms with Gasteiger partial charge in [0.15, 0.2) is 0 Å². The molecule has 0 heterocycles. The zero-order valence-corrected chi connectivity index (χ0v) is 15.2. The van der Waals surface area contributed by atoms with Crippen molar-refractivity contribution in [2.24, 2.45) is 0 Å². The molecule has 0 fully saturated rings. The maximum Gasteiger partial charge on any atom is 0.416 e. The highest BCUT2D eigenvalue weighted by molar-refractivity contribution is 9.10. The molecule has 0 amide bonds. The van der Waals surface area contributed by atoms with Gasteiger partial charge in [-0.05, 0) is 31.0 Å². The first-order valence-corrected chi connectivity index (χ1v) is 7.61. The number of nitrogens with one attached hydrogen (secondary N) is 1. The van der Waals surface area contributed by atoms with Crippen LogP contribution in [0.5, 0.6) is 0 Å². The Labute approximate surface area is 147 Å². The molecule has 0 saturated carbocycles. The van der Waals surface area contributed by atoms with Crippen LogP contribution >= 0.6 is 39.9 Å².